The molecule has 0 aromatic carbocycles. The van der Waals surface area contributed by atoms with Crippen LogP contribution in [0.15, 0.2) is 0 Å². The van der Waals surface area contributed by atoms with E-state index in [4.69, 9.17) is 0 Å². The Labute approximate surface area is 117 Å². The molecule has 0 spiro atoms. The maximum Gasteiger partial charge on any atom is 0.0198 e. The topological polar surface area (TPSA) is 15.3 Å². The molecule has 0 aromatic heterocycles. The van der Waals surface area contributed by atoms with Crippen molar-refractivity contribution in [2.24, 2.45) is 17.8 Å². The van der Waals surface area contributed by atoms with Crippen LogP contribution < -0.4 is 5.32 Å². The Hall–Kier alpha value is 0.210. The second kappa shape index (κ2) is 5.30. The molecule has 2 heterocycles. The Morgan fingerprint density at radius 2 is 1.83 bits per heavy atom. The first-order valence-corrected chi connectivity index (χ1v) is 7.85. The van der Waals surface area contributed by atoms with E-state index >= 15 is 0 Å². The summed E-state index contributed by atoms with van der Waals surface area (Å²) in [6, 6.07) is 1.67. The molecule has 4 aliphatic rings. The number of hydrogen-bond donors (Lipinski definition) is 1. The molecule has 3 heteroatoms. The van der Waals surface area contributed by atoms with Crippen LogP contribution >= 0.6 is 12.4 Å². The number of likely N-dealkylation sites (tertiary alicyclic amines) is 1. The predicted molar refractivity (Wildman–Crippen MR) is 77.2 cm³/mol. The molecule has 5 atom stereocenters. The van der Waals surface area contributed by atoms with E-state index in [-0.39, 0.29) is 12.4 Å². The Bertz CT molecular complexity index is 296. The Morgan fingerprint density at radius 1 is 0.944 bits per heavy atom. The van der Waals surface area contributed by atoms with Gasteiger partial charge in [0.2, 0.25) is 0 Å². The highest BCUT2D eigenvalue weighted by atomic mass is 35.5. The number of rotatable bonds is 2. The van der Waals surface area contributed by atoms with Crippen molar-refractivity contribution in [1.82, 2.24) is 10.2 Å². The molecule has 1 N–H and O–H groups in total. The van der Waals surface area contributed by atoms with Crippen LogP contribution in [0.1, 0.15) is 44.9 Å². The first-order valence-electron chi connectivity index (χ1n) is 7.85. The number of nitrogens with one attached hydrogen (secondary N) is 1. The van der Waals surface area contributed by atoms with Crippen LogP contribution in [0.3, 0.4) is 0 Å². The van der Waals surface area contributed by atoms with Gasteiger partial charge in [-0.3, -0.25) is 0 Å². The van der Waals surface area contributed by atoms with Crippen LogP contribution in [0.25, 0.3) is 0 Å². The molecule has 0 radical (unpaired) electrons. The lowest BCUT2D eigenvalue weighted by Gasteiger charge is -2.30. The lowest BCUT2D eigenvalue weighted by Crippen LogP contribution is -2.38. The highest BCUT2D eigenvalue weighted by molar-refractivity contribution is 5.85. The highest BCUT2D eigenvalue weighted by Gasteiger charge is 2.40. The fourth-order valence-electron chi connectivity index (χ4n) is 5.11. The summed E-state index contributed by atoms with van der Waals surface area (Å²) in [5.41, 5.74) is 0. The zero-order valence-corrected chi connectivity index (χ0v) is 12.1. The standard InChI is InChI=1S/C15H26N2.ClH/c1-2-12-7-11(1)8-13(12)9-17-6-5-14-3-4-15(10-17)16-14;/h11-16H,1-10H2;1H. The molecular weight excluding hydrogens is 244 g/mol. The van der Waals surface area contributed by atoms with Crippen LogP contribution in [0.5, 0.6) is 0 Å². The summed E-state index contributed by atoms with van der Waals surface area (Å²) in [6.45, 7) is 4.12. The van der Waals surface area contributed by atoms with E-state index in [0.29, 0.717) is 0 Å². The summed E-state index contributed by atoms with van der Waals surface area (Å²) in [5, 5.41) is 3.80. The largest absolute Gasteiger partial charge is 0.310 e. The van der Waals surface area contributed by atoms with Crippen molar-refractivity contribution in [3.05, 3.63) is 0 Å². The summed E-state index contributed by atoms with van der Waals surface area (Å²) in [6.07, 6.45) is 10.5. The zero-order chi connectivity index (χ0) is 11.2. The summed E-state index contributed by atoms with van der Waals surface area (Å²) in [7, 11) is 0. The molecule has 0 amide bonds. The summed E-state index contributed by atoms with van der Waals surface area (Å²) in [4.78, 5) is 2.79. The zero-order valence-electron chi connectivity index (χ0n) is 11.3. The van der Waals surface area contributed by atoms with Crippen LogP contribution in [0.2, 0.25) is 0 Å². The third-order valence-electron chi connectivity index (χ3n) is 5.98. The van der Waals surface area contributed by atoms with Gasteiger partial charge in [-0.15, -0.1) is 12.4 Å². The van der Waals surface area contributed by atoms with Gasteiger partial charge in [0.1, 0.15) is 0 Å². The second-order valence-electron chi connectivity index (χ2n) is 7.12. The quantitative estimate of drug-likeness (QED) is 0.830. The normalized spacial score (nSPS) is 47.0. The molecule has 4 bridgehead atoms. The molecular formula is C15H27ClN2. The molecule has 2 saturated carbocycles. The minimum Gasteiger partial charge on any atom is -0.310 e. The Kier molecular flexibility index (Phi) is 3.89. The van der Waals surface area contributed by atoms with Gasteiger partial charge in [0.05, 0.1) is 0 Å². The summed E-state index contributed by atoms with van der Waals surface area (Å²) >= 11 is 0. The van der Waals surface area contributed by atoms with Crippen molar-refractivity contribution in [3.63, 3.8) is 0 Å². The Morgan fingerprint density at radius 3 is 2.61 bits per heavy atom. The van der Waals surface area contributed by atoms with Gasteiger partial charge in [-0.25, -0.2) is 0 Å². The number of halogens is 1. The highest BCUT2D eigenvalue weighted by Crippen LogP contribution is 2.48. The number of hydrogen-bond acceptors (Lipinski definition) is 2. The fraction of sp³-hybridized carbons (Fsp3) is 1.00. The average molecular weight is 271 g/mol. The Balaban J connectivity index is 0.000001000. The fourth-order valence-corrected chi connectivity index (χ4v) is 5.11. The van der Waals surface area contributed by atoms with E-state index in [2.05, 4.69) is 10.2 Å². The van der Waals surface area contributed by atoms with Crippen LogP contribution in [0, 0.1) is 17.8 Å². The molecule has 2 saturated heterocycles. The van der Waals surface area contributed by atoms with E-state index in [1.54, 1.807) is 25.7 Å². The molecule has 4 rings (SSSR count). The van der Waals surface area contributed by atoms with Crippen LogP contribution in [-0.2, 0) is 0 Å². The molecule has 104 valence electrons. The maximum atomic E-state index is 3.80. The molecule has 2 nitrogen and oxygen atoms in total. The first-order chi connectivity index (χ1) is 8.37. The van der Waals surface area contributed by atoms with Gasteiger partial charge in [0.25, 0.3) is 0 Å². The maximum absolute atomic E-state index is 3.80. The van der Waals surface area contributed by atoms with E-state index in [1.165, 1.54) is 38.9 Å². The number of fused-ring (bicyclic) bond motifs is 4. The van der Waals surface area contributed by atoms with Gasteiger partial charge in [-0.05, 0) is 62.8 Å². The van der Waals surface area contributed by atoms with Gasteiger partial charge in [-0.2, -0.15) is 0 Å². The van der Waals surface area contributed by atoms with E-state index in [1.807, 2.05) is 0 Å². The molecule has 4 fully saturated rings. The summed E-state index contributed by atoms with van der Waals surface area (Å²) < 4.78 is 0. The van der Waals surface area contributed by atoms with Gasteiger partial charge in [0, 0.05) is 25.2 Å². The lowest BCUT2D eigenvalue weighted by molar-refractivity contribution is 0.183. The van der Waals surface area contributed by atoms with Crippen molar-refractivity contribution in [2.45, 2.75) is 57.0 Å². The molecule has 2 aliphatic carbocycles. The van der Waals surface area contributed by atoms with E-state index < -0.39 is 0 Å². The number of nitrogens with zero attached hydrogens (tertiary/aromatic N) is 1. The molecule has 2 aliphatic heterocycles. The van der Waals surface area contributed by atoms with E-state index in [0.717, 1.165) is 29.8 Å². The molecule has 0 aromatic rings. The monoisotopic (exact) mass is 270 g/mol. The van der Waals surface area contributed by atoms with Crippen molar-refractivity contribution in [3.8, 4) is 0 Å². The van der Waals surface area contributed by atoms with Crippen molar-refractivity contribution in [2.75, 3.05) is 19.6 Å². The van der Waals surface area contributed by atoms with Crippen LogP contribution in [-0.4, -0.2) is 36.6 Å². The van der Waals surface area contributed by atoms with Gasteiger partial charge < -0.3 is 10.2 Å². The van der Waals surface area contributed by atoms with Gasteiger partial charge in [0.15, 0.2) is 0 Å². The molecule has 5 unspecified atom stereocenters. The third kappa shape index (κ3) is 2.44. The van der Waals surface area contributed by atoms with Crippen molar-refractivity contribution in [1.29, 1.82) is 0 Å². The second-order valence-corrected chi connectivity index (χ2v) is 7.12. The lowest BCUT2D eigenvalue weighted by atomic mass is 9.88. The van der Waals surface area contributed by atoms with Crippen molar-refractivity contribution >= 4 is 12.4 Å². The smallest absolute Gasteiger partial charge is 0.0198 e. The van der Waals surface area contributed by atoms with Crippen LogP contribution in [0.4, 0.5) is 0 Å². The molecule has 18 heavy (non-hydrogen) atoms. The van der Waals surface area contributed by atoms with Gasteiger partial charge in [-0.1, -0.05) is 6.42 Å². The average Bonchev–Trinajstić information content (AvgIpc) is 2.97. The van der Waals surface area contributed by atoms with Crippen molar-refractivity contribution < 1.29 is 0 Å². The third-order valence-corrected chi connectivity index (χ3v) is 5.98. The van der Waals surface area contributed by atoms with Gasteiger partial charge >= 0.3 is 0 Å². The predicted octanol–water partition coefficient (Wildman–Crippen LogP) is 2.67. The SMILES string of the molecule is C1CC2CC1CC2CN1CCC2CCC(C1)N2.Cl. The van der Waals surface area contributed by atoms with E-state index in [9.17, 15) is 0 Å². The minimum absolute atomic E-state index is 0. The first kappa shape index (κ1) is 13.2. The minimum atomic E-state index is 0. The summed E-state index contributed by atoms with van der Waals surface area (Å²) in [5.74, 6) is 3.28.